The zero-order valence-electron chi connectivity index (χ0n) is 16.1. The van der Waals surface area contributed by atoms with Crippen molar-refractivity contribution in [3.05, 3.63) is 84.3 Å². The topological polar surface area (TPSA) is 76.1 Å². The van der Waals surface area contributed by atoms with Gasteiger partial charge in [-0.2, -0.15) is 0 Å². The van der Waals surface area contributed by atoms with Crippen LogP contribution in [0.1, 0.15) is 15.9 Å². The zero-order valence-corrected chi connectivity index (χ0v) is 16.1. The molecule has 0 saturated carbocycles. The van der Waals surface area contributed by atoms with Crippen LogP contribution in [-0.2, 0) is 0 Å². The second kappa shape index (κ2) is 7.98. The van der Waals surface area contributed by atoms with Crippen molar-refractivity contribution in [1.29, 1.82) is 0 Å². The molecule has 4 aromatic rings. The molecule has 0 aliphatic rings. The van der Waals surface area contributed by atoms with Gasteiger partial charge in [-0.15, -0.1) is 0 Å². The van der Waals surface area contributed by atoms with Crippen molar-refractivity contribution in [2.75, 3.05) is 17.7 Å². The van der Waals surface area contributed by atoms with Crippen molar-refractivity contribution in [3.63, 3.8) is 0 Å². The highest BCUT2D eigenvalue weighted by Gasteiger charge is 2.11. The van der Waals surface area contributed by atoms with Crippen molar-refractivity contribution >= 4 is 33.9 Å². The second-order valence-corrected chi connectivity index (χ2v) is 6.63. The molecular formula is C23H20N4O2. The number of benzene rings is 2. The number of pyridine rings is 2. The van der Waals surface area contributed by atoms with E-state index in [-0.39, 0.29) is 5.91 Å². The van der Waals surface area contributed by atoms with E-state index in [1.54, 1.807) is 25.6 Å². The summed E-state index contributed by atoms with van der Waals surface area (Å²) in [5.74, 6) is 0.461. The Balaban J connectivity index is 1.58. The predicted octanol–water partition coefficient (Wildman–Crippen LogP) is 4.94. The molecule has 0 fully saturated rings. The highest BCUT2D eigenvalue weighted by Crippen LogP contribution is 2.29. The van der Waals surface area contributed by atoms with Gasteiger partial charge in [0.05, 0.1) is 41.4 Å². The van der Waals surface area contributed by atoms with E-state index < -0.39 is 0 Å². The number of hydrogen-bond acceptors (Lipinski definition) is 5. The third-order valence-electron chi connectivity index (χ3n) is 4.52. The first-order valence-electron chi connectivity index (χ1n) is 9.16. The highest BCUT2D eigenvalue weighted by molar-refractivity contribution is 6.08. The molecule has 2 aromatic heterocycles. The number of amides is 1. The third kappa shape index (κ3) is 4.01. The normalized spacial score (nSPS) is 10.6. The van der Waals surface area contributed by atoms with Crippen LogP contribution in [0, 0.1) is 6.92 Å². The Morgan fingerprint density at radius 2 is 1.86 bits per heavy atom. The smallest absolute Gasteiger partial charge is 0.257 e. The lowest BCUT2D eigenvalue weighted by Crippen LogP contribution is -2.13. The maximum absolute atomic E-state index is 12.8. The molecule has 2 N–H and O–H groups in total. The maximum atomic E-state index is 12.8. The number of nitrogens with one attached hydrogen (secondary N) is 2. The molecule has 4 rings (SSSR count). The van der Waals surface area contributed by atoms with Crippen molar-refractivity contribution in [2.45, 2.75) is 6.92 Å². The number of aromatic nitrogens is 2. The summed E-state index contributed by atoms with van der Waals surface area (Å²) in [6.45, 7) is 2.00. The summed E-state index contributed by atoms with van der Waals surface area (Å²) in [4.78, 5) is 21.4. The van der Waals surface area contributed by atoms with Crippen molar-refractivity contribution < 1.29 is 9.53 Å². The van der Waals surface area contributed by atoms with Crippen molar-refractivity contribution in [3.8, 4) is 5.75 Å². The minimum Gasteiger partial charge on any atom is -0.495 e. The van der Waals surface area contributed by atoms with Crippen molar-refractivity contribution in [2.24, 2.45) is 0 Å². The third-order valence-corrected chi connectivity index (χ3v) is 4.52. The van der Waals surface area contributed by atoms with E-state index in [2.05, 4.69) is 20.6 Å². The molecule has 6 nitrogen and oxygen atoms in total. The molecule has 0 saturated heterocycles. The van der Waals surface area contributed by atoms with Gasteiger partial charge in [-0.25, -0.2) is 0 Å². The first-order valence-corrected chi connectivity index (χ1v) is 9.16. The van der Waals surface area contributed by atoms with Crippen LogP contribution in [0.3, 0.4) is 0 Å². The summed E-state index contributed by atoms with van der Waals surface area (Å²) in [6.07, 6.45) is 4.91. The number of carbonyl (C=O) groups excluding carboxylic acids is 1. The van der Waals surface area contributed by atoms with Gasteiger partial charge in [0, 0.05) is 17.8 Å². The van der Waals surface area contributed by atoms with Crippen LogP contribution in [0.2, 0.25) is 0 Å². The Kier molecular flexibility index (Phi) is 5.07. The first kappa shape index (κ1) is 18.4. The number of anilines is 3. The molecule has 0 radical (unpaired) electrons. The van der Waals surface area contributed by atoms with Gasteiger partial charge in [0.1, 0.15) is 5.75 Å². The van der Waals surface area contributed by atoms with Gasteiger partial charge < -0.3 is 15.4 Å². The number of nitrogens with zero attached hydrogens (tertiary/aromatic N) is 2. The molecule has 0 aliphatic carbocycles. The van der Waals surface area contributed by atoms with Crippen LogP contribution in [-0.4, -0.2) is 23.0 Å². The standard InChI is InChI=1S/C23H20N4O2/c1-15-8-9-21(29-2)20(11-15)26-18-12-17(13-24-14-18)23(28)27-19-7-3-5-16-6-4-10-25-22(16)19/h3-14,26H,1-2H3,(H,27,28). The predicted molar refractivity (Wildman–Crippen MR) is 115 cm³/mol. The van der Waals surface area contributed by atoms with Gasteiger partial charge in [0.2, 0.25) is 0 Å². The fourth-order valence-corrected chi connectivity index (χ4v) is 3.11. The summed E-state index contributed by atoms with van der Waals surface area (Å²) >= 11 is 0. The zero-order chi connectivity index (χ0) is 20.2. The van der Waals surface area contributed by atoms with Crippen LogP contribution in [0.4, 0.5) is 17.1 Å². The van der Waals surface area contributed by atoms with Gasteiger partial charge in [-0.1, -0.05) is 24.3 Å². The van der Waals surface area contributed by atoms with Crippen LogP contribution in [0.5, 0.6) is 5.75 Å². The number of para-hydroxylation sites is 1. The molecule has 0 bridgehead atoms. The summed E-state index contributed by atoms with van der Waals surface area (Å²) < 4.78 is 5.40. The van der Waals surface area contributed by atoms with Crippen LogP contribution in [0.25, 0.3) is 10.9 Å². The van der Waals surface area contributed by atoms with Gasteiger partial charge in [0.25, 0.3) is 5.91 Å². The van der Waals surface area contributed by atoms with E-state index in [0.29, 0.717) is 22.7 Å². The molecular weight excluding hydrogens is 364 g/mol. The molecule has 0 unspecified atom stereocenters. The summed E-state index contributed by atoms with van der Waals surface area (Å²) in [5, 5.41) is 7.17. The lowest BCUT2D eigenvalue weighted by atomic mass is 10.1. The Labute approximate surface area is 168 Å². The Bertz CT molecular complexity index is 1190. The molecule has 0 aliphatic heterocycles. The van der Waals surface area contributed by atoms with Gasteiger partial charge >= 0.3 is 0 Å². The Morgan fingerprint density at radius 3 is 2.72 bits per heavy atom. The number of methoxy groups -OCH3 is 1. The SMILES string of the molecule is COc1ccc(C)cc1Nc1cncc(C(=O)Nc2cccc3cccnc23)c1. The summed E-state index contributed by atoms with van der Waals surface area (Å²) in [5.41, 5.74) is 4.44. The lowest BCUT2D eigenvalue weighted by Gasteiger charge is -2.13. The number of ether oxygens (including phenoxy) is 1. The maximum Gasteiger partial charge on any atom is 0.257 e. The molecule has 2 aromatic carbocycles. The largest absolute Gasteiger partial charge is 0.495 e. The number of fused-ring (bicyclic) bond motifs is 1. The van der Waals surface area contributed by atoms with E-state index in [0.717, 1.165) is 22.2 Å². The van der Waals surface area contributed by atoms with E-state index >= 15 is 0 Å². The van der Waals surface area contributed by atoms with Gasteiger partial charge in [0.15, 0.2) is 0 Å². The van der Waals surface area contributed by atoms with E-state index in [1.807, 2.05) is 55.5 Å². The molecule has 2 heterocycles. The summed E-state index contributed by atoms with van der Waals surface area (Å²) in [7, 11) is 1.62. The summed E-state index contributed by atoms with van der Waals surface area (Å²) in [6, 6.07) is 17.1. The van der Waals surface area contributed by atoms with E-state index in [1.165, 1.54) is 6.20 Å². The van der Waals surface area contributed by atoms with Gasteiger partial charge in [-0.05, 0) is 42.8 Å². The molecule has 0 atom stereocenters. The van der Waals surface area contributed by atoms with E-state index in [4.69, 9.17) is 4.74 Å². The Morgan fingerprint density at radius 1 is 1.00 bits per heavy atom. The Hall–Kier alpha value is -3.93. The number of rotatable bonds is 5. The molecule has 1 amide bonds. The van der Waals surface area contributed by atoms with Gasteiger partial charge in [-0.3, -0.25) is 14.8 Å². The average Bonchev–Trinajstić information content (AvgIpc) is 2.74. The molecule has 29 heavy (non-hydrogen) atoms. The average molecular weight is 384 g/mol. The van der Waals surface area contributed by atoms with E-state index in [9.17, 15) is 4.79 Å². The monoisotopic (exact) mass is 384 g/mol. The fourth-order valence-electron chi connectivity index (χ4n) is 3.11. The molecule has 6 heteroatoms. The molecule has 0 spiro atoms. The van der Waals surface area contributed by atoms with Crippen LogP contribution in [0.15, 0.2) is 73.2 Å². The fraction of sp³-hybridized carbons (Fsp3) is 0.0870. The van der Waals surface area contributed by atoms with Crippen molar-refractivity contribution in [1.82, 2.24) is 9.97 Å². The number of aryl methyl sites for hydroxylation is 1. The second-order valence-electron chi connectivity index (χ2n) is 6.63. The quantitative estimate of drug-likeness (QED) is 0.509. The highest BCUT2D eigenvalue weighted by atomic mass is 16.5. The lowest BCUT2D eigenvalue weighted by molar-refractivity contribution is 0.102. The van der Waals surface area contributed by atoms with Crippen LogP contribution >= 0.6 is 0 Å². The van der Waals surface area contributed by atoms with Crippen LogP contribution < -0.4 is 15.4 Å². The number of hydrogen-bond donors (Lipinski definition) is 2. The number of carbonyl (C=O) groups is 1. The molecule has 144 valence electrons. The first-order chi connectivity index (χ1) is 14.1. The minimum atomic E-state index is -0.254. The minimum absolute atomic E-state index is 0.254.